The van der Waals surface area contributed by atoms with Crippen molar-refractivity contribution >= 4 is 17.2 Å². The summed E-state index contributed by atoms with van der Waals surface area (Å²) >= 11 is 5.09. The van der Waals surface area contributed by atoms with Crippen LogP contribution >= 0.6 is 12.2 Å². The van der Waals surface area contributed by atoms with Gasteiger partial charge < -0.3 is 5.73 Å². The van der Waals surface area contributed by atoms with Crippen LogP contribution in [0.5, 0.6) is 0 Å². The number of hydrogen-bond donors (Lipinski definition) is 1. The van der Waals surface area contributed by atoms with Gasteiger partial charge in [0.1, 0.15) is 0 Å². The van der Waals surface area contributed by atoms with Crippen molar-refractivity contribution in [2.75, 3.05) is 0 Å². The molecule has 0 aliphatic heterocycles. The average Bonchev–Trinajstić information content (AvgIpc) is 2.71. The van der Waals surface area contributed by atoms with Crippen molar-refractivity contribution in [1.82, 2.24) is 9.78 Å². The van der Waals surface area contributed by atoms with Crippen LogP contribution in [0, 0.1) is 5.41 Å². The van der Waals surface area contributed by atoms with E-state index in [1.165, 1.54) is 11.4 Å². The number of aromatic nitrogens is 2. The van der Waals surface area contributed by atoms with Gasteiger partial charge in [-0.1, -0.05) is 39.9 Å². The minimum absolute atomic E-state index is 0.0531. The molecular weight excluding hydrogens is 242 g/mol. The predicted octanol–water partition coefficient (Wildman–Crippen LogP) is 3.10. The van der Waals surface area contributed by atoms with Gasteiger partial charge in [-0.3, -0.25) is 4.68 Å². The summed E-state index contributed by atoms with van der Waals surface area (Å²) in [7, 11) is 0. The maximum atomic E-state index is 5.74. The topological polar surface area (TPSA) is 43.8 Å². The lowest BCUT2D eigenvalue weighted by atomic mass is 9.88. The van der Waals surface area contributed by atoms with E-state index in [1.807, 2.05) is 0 Å². The smallest absolute Gasteiger partial charge is 0.0784 e. The fourth-order valence-electron chi connectivity index (χ4n) is 1.96. The fourth-order valence-corrected chi connectivity index (χ4v) is 2.06. The number of hydrogen-bond acceptors (Lipinski definition) is 2. The summed E-state index contributed by atoms with van der Waals surface area (Å²) in [4.78, 5) is 0.605. The molecule has 1 aromatic heterocycles. The molecule has 0 fully saturated rings. The normalized spacial score (nSPS) is 11.8. The zero-order chi connectivity index (χ0) is 13.8. The van der Waals surface area contributed by atoms with Crippen molar-refractivity contribution in [3.05, 3.63) is 17.5 Å². The van der Waals surface area contributed by atoms with Crippen molar-refractivity contribution in [2.45, 2.75) is 59.9 Å². The van der Waals surface area contributed by atoms with Gasteiger partial charge in [0.15, 0.2) is 0 Å². The van der Waals surface area contributed by atoms with Gasteiger partial charge in [-0.15, -0.1) is 0 Å². The van der Waals surface area contributed by atoms with Gasteiger partial charge in [-0.2, -0.15) is 5.10 Å². The molecule has 1 rings (SSSR count). The molecule has 1 aromatic rings. The summed E-state index contributed by atoms with van der Waals surface area (Å²) in [6.07, 6.45) is 4.10. The second-order valence-corrected chi connectivity index (χ2v) is 5.85. The third-order valence-electron chi connectivity index (χ3n) is 3.48. The number of rotatable bonds is 7. The Balaban J connectivity index is 2.58. The van der Waals surface area contributed by atoms with E-state index >= 15 is 0 Å². The Bertz CT molecular complexity index is 407. The monoisotopic (exact) mass is 267 g/mol. The van der Waals surface area contributed by atoms with E-state index < -0.39 is 0 Å². The molecule has 18 heavy (non-hydrogen) atoms. The Hall–Kier alpha value is -0.900. The van der Waals surface area contributed by atoms with Crippen LogP contribution in [0.2, 0.25) is 0 Å². The first-order valence-electron chi connectivity index (χ1n) is 6.76. The highest BCUT2D eigenvalue weighted by atomic mass is 32.1. The molecule has 0 spiro atoms. The summed E-state index contributed by atoms with van der Waals surface area (Å²) in [6, 6.07) is 2.21. The molecule has 3 nitrogen and oxygen atoms in total. The van der Waals surface area contributed by atoms with Gasteiger partial charge in [0.25, 0.3) is 0 Å². The summed E-state index contributed by atoms with van der Waals surface area (Å²) in [5.41, 5.74) is 8.19. The van der Waals surface area contributed by atoms with E-state index in [2.05, 4.69) is 43.5 Å². The molecule has 0 aliphatic rings. The van der Waals surface area contributed by atoms with Crippen molar-refractivity contribution in [1.29, 1.82) is 0 Å². The van der Waals surface area contributed by atoms with Crippen molar-refractivity contribution in [2.24, 2.45) is 11.1 Å². The summed E-state index contributed by atoms with van der Waals surface area (Å²) in [5, 5.41) is 4.62. The summed E-state index contributed by atoms with van der Waals surface area (Å²) in [6.45, 7) is 9.48. The molecule has 2 N–H and O–H groups in total. The molecular formula is C14H25N3S. The first-order chi connectivity index (χ1) is 8.40. The fraction of sp³-hybridized carbons (Fsp3) is 0.714. The van der Waals surface area contributed by atoms with Crippen LogP contribution in [0.15, 0.2) is 6.07 Å². The molecule has 0 saturated heterocycles. The minimum Gasteiger partial charge on any atom is -0.393 e. The largest absolute Gasteiger partial charge is 0.393 e. The molecule has 0 saturated carbocycles. The SMILES string of the molecule is CCc1cc(CC)n(CCCC(C)(C)C(N)=S)n1. The number of thiocarbonyl (C=S) groups is 1. The van der Waals surface area contributed by atoms with Gasteiger partial charge in [0.05, 0.1) is 10.7 Å². The van der Waals surface area contributed by atoms with Crippen LogP contribution in [-0.2, 0) is 19.4 Å². The lowest BCUT2D eigenvalue weighted by molar-refractivity contribution is 0.421. The van der Waals surface area contributed by atoms with Crippen LogP contribution in [0.4, 0.5) is 0 Å². The minimum atomic E-state index is -0.0531. The molecule has 0 bridgehead atoms. The highest BCUT2D eigenvalue weighted by Gasteiger charge is 2.20. The molecule has 0 unspecified atom stereocenters. The second kappa shape index (κ2) is 6.32. The van der Waals surface area contributed by atoms with Gasteiger partial charge in [0, 0.05) is 17.7 Å². The zero-order valence-corrected chi connectivity index (χ0v) is 12.8. The first-order valence-corrected chi connectivity index (χ1v) is 7.17. The highest BCUT2D eigenvalue weighted by molar-refractivity contribution is 7.80. The van der Waals surface area contributed by atoms with Crippen molar-refractivity contribution < 1.29 is 0 Å². The Morgan fingerprint density at radius 3 is 2.56 bits per heavy atom. The molecule has 102 valence electrons. The van der Waals surface area contributed by atoms with Crippen LogP contribution in [0.1, 0.15) is 51.9 Å². The maximum Gasteiger partial charge on any atom is 0.0784 e. The van der Waals surface area contributed by atoms with E-state index in [0.29, 0.717) is 4.99 Å². The van der Waals surface area contributed by atoms with Crippen molar-refractivity contribution in [3.8, 4) is 0 Å². The van der Waals surface area contributed by atoms with Crippen LogP contribution < -0.4 is 5.73 Å². The highest BCUT2D eigenvalue weighted by Crippen LogP contribution is 2.23. The molecule has 0 aliphatic carbocycles. The molecule has 0 aromatic carbocycles. The van der Waals surface area contributed by atoms with E-state index in [1.54, 1.807) is 0 Å². The molecule has 0 amide bonds. The van der Waals surface area contributed by atoms with Gasteiger partial charge in [-0.25, -0.2) is 0 Å². The summed E-state index contributed by atoms with van der Waals surface area (Å²) in [5.74, 6) is 0. The molecule has 0 atom stereocenters. The molecule has 1 heterocycles. The number of nitrogens with zero attached hydrogens (tertiary/aromatic N) is 2. The Morgan fingerprint density at radius 1 is 1.39 bits per heavy atom. The second-order valence-electron chi connectivity index (χ2n) is 5.41. The van der Waals surface area contributed by atoms with Gasteiger partial charge >= 0.3 is 0 Å². The standard InChI is InChI=1S/C14H25N3S/c1-5-11-10-12(6-2)17(16-11)9-7-8-14(3,4)13(15)18/h10H,5-9H2,1-4H3,(H2,15,18). The van der Waals surface area contributed by atoms with Gasteiger partial charge in [0.2, 0.25) is 0 Å². The van der Waals surface area contributed by atoms with E-state index in [-0.39, 0.29) is 5.41 Å². The van der Waals surface area contributed by atoms with E-state index in [9.17, 15) is 0 Å². The third-order valence-corrected chi connectivity index (χ3v) is 4.03. The van der Waals surface area contributed by atoms with Crippen LogP contribution in [0.3, 0.4) is 0 Å². The maximum absolute atomic E-state index is 5.74. The Kier molecular flexibility index (Phi) is 5.32. The zero-order valence-electron chi connectivity index (χ0n) is 12.0. The van der Waals surface area contributed by atoms with Gasteiger partial charge in [-0.05, 0) is 31.7 Å². The number of aryl methyl sites for hydroxylation is 3. The lowest BCUT2D eigenvalue weighted by Gasteiger charge is -2.22. The van der Waals surface area contributed by atoms with Crippen molar-refractivity contribution in [3.63, 3.8) is 0 Å². The third kappa shape index (κ3) is 3.80. The average molecular weight is 267 g/mol. The van der Waals surface area contributed by atoms with E-state index in [0.717, 1.165) is 32.2 Å². The predicted molar refractivity (Wildman–Crippen MR) is 80.8 cm³/mol. The molecule has 4 heteroatoms. The quantitative estimate of drug-likeness (QED) is 0.772. The first kappa shape index (κ1) is 15.2. The lowest BCUT2D eigenvalue weighted by Crippen LogP contribution is -2.29. The van der Waals surface area contributed by atoms with Crippen LogP contribution in [0.25, 0.3) is 0 Å². The van der Waals surface area contributed by atoms with E-state index in [4.69, 9.17) is 18.0 Å². The molecule has 0 radical (unpaired) electrons. The number of nitrogens with two attached hydrogens (primary N) is 1. The summed E-state index contributed by atoms with van der Waals surface area (Å²) < 4.78 is 2.13. The van der Waals surface area contributed by atoms with Crippen LogP contribution in [-0.4, -0.2) is 14.8 Å². The Labute approximate surface area is 116 Å². The Morgan fingerprint density at radius 2 is 2.06 bits per heavy atom.